The molecule has 5 nitrogen and oxygen atoms in total. The third-order valence-corrected chi connectivity index (χ3v) is 6.84. The maximum atomic E-state index is 14.6. The minimum atomic E-state index is -0.342. The van der Waals surface area contributed by atoms with Gasteiger partial charge in [0.05, 0.1) is 17.3 Å². The summed E-state index contributed by atoms with van der Waals surface area (Å²) in [7, 11) is 0. The second-order valence-corrected chi connectivity index (χ2v) is 9.59. The molecule has 8 heteroatoms. The Morgan fingerprint density at radius 3 is 2.66 bits per heavy atom. The summed E-state index contributed by atoms with van der Waals surface area (Å²) in [5, 5.41) is 7.53. The van der Waals surface area contributed by atoms with Crippen LogP contribution in [0.1, 0.15) is 30.0 Å². The zero-order chi connectivity index (χ0) is 24.2. The summed E-state index contributed by atoms with van der Waals surface area (Å²) in [5.74, 6) is 0.847. The van der Waals surface area contributed by atoms with E-state index in [9.17, 15) is 4.39 Å². The molecule has 35 heavy (non-hydrogen) atoms. The lowest BCUT2D eigenvalue weighted by Gasteiger charge is -2.26. The quantitative estimate of drug-likeness (QED) is 0.187. The summed E-state index contributed by atoms with van der Waals surface area (Å²) in [6.07, 6.45) is 2.64. The zero-order valence-electron chi connectivity index (χ0n) is 18.8. The largest absolute Gasteiger partial charge is 0.459 e. The monoisotopic (exact) mass is 550 g/mol. The number of hydrogen-bond donors (Lipinski definition) is 2. The van der Waals surface area contributed by atoms with Gasteiger partial charge in [0.2, 0.25) is 0 Å². The molecule has 4 aromatic rings. The number of nitrogens with one attached hydrogen (secondary N) is 2. The van der Waals surface area contributed by atoms with E-state index in [2.05, 4.69) is 36.4 Å². The van der Waals surface area contributed by atoms with Crippen molar-refractivity contribution in [1.29, 1.82) is 0 Å². The molecule has 1 saturated heterocycles. The van der Waals surface area contributed by atoms with Crippen LogP contribution < -0.4 is 10.6 Å². The molecular formula is C27H24BrFN4OS. The molecule has 178 valence electrons. The van der Waals surface area contributed by atoms with Crippen molar-refractivity contribution < 1.29 is 8.81 Å². The third-order valence-electron chi connectivity index (χ3n) is 5.99. The van der Waals surface area contributed by atoms with Crippen molar-refractivity contribution >= 4 is 38.9 Å². The molecule has 2 aromatic heterocycles. The Labute approximate surface area is 217 Å². The molecule has 1 aliphatic rings. The minimum Gasteiger partial charge on any atom is -0.459 e. The van der Waals surface area contributed by atoms with Crippen LogP contribution in [-0.2, 0) is 0 Å². The van der Waals surface area contributed by atoms with Crippen LogP contribution in [-0.4, -0.2) is 28.1 Å². The van der Waals surface area contributed by atoms with E-state index in [0.29, 0.717) is 26.7 Å². The molecule has 0 radical (unpaired) electrons. The van der Waals surface area contributed by atoms with Gasteiger partial charge < -0.3 is 20.0 Å². The van der Waals surface area contributed by atoms with Crippen LogP contribution in [0.5, 0.6) is 0 Å². The van der Waals surface area contributed by atoms with E-state index in [1.807, 2.05) is 60.7 Å². The molecule has 2 N–H and O–H groups in total. The van der Waals surface area contributed by atoms with Gasteiger partial charge in [0.15, 0.2) is 5.11 Å². The maximum absolute atomic E-state index is 14.6. The van der Waals surface area contributed by atoms with Gasteiger partial charge >= 0.3 is 0 Å². The van der Waals surface area contributed by atoms with Gasteiger partial charge in [-0.15, -0.1) is 0 Å². The molecule has 0 aliphatic carbocycles. The predicted octanol–water partition coefficient (Wildman–Crippen LogP) is 6.72. The molecule has 0 amide bonds. The molecule has 0 spiro atoms. The third kappa shape index (κ3) is 5.23. The number of para-hydroxylation sites is 1. The summed E-state index contributed by atoms with van der Waals surface area (Å²) >= 11 is 9.04. The van der Waals surface area contributed by atoms with Crippen molar-refractivity contribution in [2.45, 2.75) is 18.5 Å². The second kappa shape index (κ2) is 10.6. The minimum absolute atomic E-state index is 0.181. The van der Waals surface area contributed by atoms with Crippen molar-refractivity contribution in [2.24, 2.45) is 0 Å². The average Bonchev–Trinajstić information content (AvgIpc) is 3.47. The van der Waals surface area contributed by atoms with Crippen LogP contribution in [0.15, 0.2) is 93.9 Å². The van der Waals surface area contributed by atoms with Crippen LogP contribution in [0.4, 0.5) is 10.1 Å². The van der Waals surface area contributed by atoms with E-state index in [4.69, 9.17) is 16.6 Å². The Kier molecular flexibility index (Phi) is 7.11. The highest BCUT2D eigenvalue weighted by atomic mass is 79.9. The SMILES string of the molecule is Fc1cc(Br)ccc1-c1ccc([C@@H]2[C@@H](c3ccccn3)NC(=S)N2CCCNc2ccccc2)o1. The number of halogens is 2. The molecule has 0 bridgehead atoms. The van der Waals surface area contributed by atoms with E-state index in [1.54, 1.807) is 18.3 Å². The van der Waals surface area contributed by atoms with Gasteiger partial charge in [-0.2, -0.15) is 0 Å². The van der Waals surface area contributed by atoms with Crippen LogP contribution in [0.3, 0.4) is 0 Å². The molecule has 1 aliphatic heterocycles. The van der Waals surface area contributed by atoms with Gasteiger partial charge in [-0.25, -0.2) is 4.39 Å². The fourth-order valence-electron chi connectivity index (χ4n) is 4.34. The van der Waals surface area contributed by atoms with Crippen molar-refractivity contribution in [2.75, 3.05) is 18.4 Å². The predicted molar refractivity (Wildman–Crippen MR) is 144 cm³/mol. The summed E-state index contributed by atoms with van der Waals surface area (Å²) in [6, 6.07) is 24.2. The fourth-order valence-corrected chi connectivity index (χ4v) is 5.00. The Hall–Kier alpha value is -3.23. The number of benzene rings is 2. The van der Waals surface area contributed by atoms with E-state index >= 15 is 0 Å². The van der Waals surface area contributed by atoms with Crippen molar-refractivity contribution in [3.63, 3.8) is 0 Å². The molecule has 3 heterocycles. The van der Waals surface area contributed by atoms with Gasteiger partial charge in [0, 0.05) is 29.4 Å². The number of aromatic nitrogens is 1. The lowest BCUT2D eigenvalue weighted by atomic mass is 10.0. The highest BCUT2D eigenvalue weighted by Gasteiger charge is 2.41. The topological polar surface area (TPSA) is 53.3 Å². The highest BCUT2D eigenvalue weighted by molar-refractivity contribution is 9.10. The number of pyridine rings is 1. The van der Waals surface area contributed by atoms with Gasteiger partial charge in [-0.05, 0) is 73.2 Å². The van der Waals surface area contributed by atoms with Crippen LogP contribution in [0, 0.1) is 5.82 Å². The first-order valence-electron chi connectivity index (χ1n) is 11.4. The number of furan rings is 1. The Bertz CT molecular complexity index is 1300. The van der Waals surface area contributed by atoms with Gasteiger partial charge in [-0.3, -0.25) is 4.98 Å². The van der Waals surface area contributed by atoms with Gasteiger partial charge in [0.1, 0.15) is 23.4 Å². The Morgan fingerprint density at radius 1 is 1.06 bits per heavy atom. The van der Waals surface area contributed by atoms with E-state index in [-0.39, 0.29) is 17.9 Å². The zero-order valence-corrected chi connectivity index (χ0v) is 21.2. The molecule has 2 atom stereocenters. The van der Waals surface area contributed by atoms with Crippen molar-refractivity contribution in [3.8, 4) is 11.3 Å². The Morgan fingerprint density at radius 2 is 1.89 bits per heavy atom. The van der Waals surface area contributed by atoms with Crippen LogP contribution in [0.25, 0.3) is 11.3 Å². The lowest BCUT2D eigenvalue weighted by Crippen LogP contribution is -2.31. The van der Waals surface area contributed by atoms with Crippen LogP contribution >= 0.6 is 28.1 Å². The number of hydrogen-bond acceptors (Lipinski definition) is 4. The number of thiocarbonyl (C=S) groups is 1. The first kappa shape index (κ1) is 23.5. The summed E-state index contributed by atoms with van der Waals surface area (Å²) in [6.45, 7) is 1.53. The fraction of sp³-hybridized carbons (Fsp3) is 0.185. The molecule has 5 rings (SSSR count). The molecule has 2 aromatic carbocycles. The van der Waals surface area contributed by atoms with E-state index in [0.717, 1.165) is 30.9 Å². The van der Waals surface area contributed by atoms with Crippen molar-refractivity contribution in [3.05, 3.63) is 107 Å². The number of anilines is 1. The average molecular weight is 551 g/mol. The van der Waals surface area contributed by atoms with Crippen LogP contribution in [0.2, 0.25) is 0 Å². The molecule has 0 unspecified atom stereocenters. The number of nitrogens with zero attached hydrogens (tertiary/aromatic N) is 2. The smallest absolute Gasteiger partial charge is 0.170 e. The highest BCUT2D eigenvalue weighted by Crippen LogP contribution is 2.40. The summed E-state index contributed by atoms with van der Waals surface area (Å²) in [4.78, 5) is 6.70. The van der Waals surface area contributed by atoms with E-state index in [1.165, 1.54) is 6.07 Å². The summed E-state index contributed by atoms with van der Waals surface area (Å²) < 4.78 is 21.5. The van der Waals surface area contributed by atoms with Crippen molar-refractivity contribution in [1.82, 2.24) is 15.2 Å². The Balaban J connectivity index is 1.39. The van der Waals surface area contributed by atoms with E-state index < -0.39 is 0 Å². The number of rotatable bonds is 8. The summed E-state index contributed by atoms with van der Waals surface area (Å²) in [5.41, 5.74) is 2.38. The first-order valence-corrected chi connectivity index (χ1v) is 12.6. The molecular weight excluding hydrogens is 527 g/mol. The van der Waals surface area contributed by atoms with Gasteiger partial charge in [-0.1, -0.05) is 40.2 Å². The second-order valence-electron chi connectivity index (χ2n) is 8.29. The first-order chi connectivity index (χ1) is 17.1. The molecule has 1 fully saturated rings. The van der Waals surface area contributed by atoms with Gasteiger partial charge in [0.25, 0.3) is 0 Å². The standard InChI is InChI=1S/C27H24BrFN4OS/c28-18-10-11-20(21(29)17-18)23-12-13-24(34-23)26-25(22-9-4-5-14-31-22)32-27(35)33(26)16-6-15-30-19-7-2-1-3-8-19/h1-5,7-14,17,25-26,30H,6,15-16H2,(H,32,35)/t25-,26-/m1/s1. The molecule has 0 saturated carbocycles. The lowest BCUT2D eigenvalue weighted by molar-refractivity contribution is 0.274. The maximum Gasteiger partial charge on any atom is 0.170 e. The normalized spacial score (nSPS) is 17.4.